The third kappa shape index (κ3) is 4.59. The van der Waals surface area contributed by atoms with Crippen LogP contribution in [0.1, 0.15) is 44.4 Å². The van der Waals surface area contributed by atoms with Gasteiger partial charge in [-0.25, -0.2) is 4.79 Å². The van der Waals surface area contributed by atoms with E-state index in [9.17, 15) is 9.59 Å². The molecule has 1 aromatic rings. The second-order valence-electron chi connectivity index (χ2n) is 5.41. The molecular formula is C16H24N2O4. The van der Waals surface area contributed by atoms with Crippen LogP contribution in [0.5, 0.6) is 0 Å². The summed E-state index contributed by atoms with van der Waals surface area (Å²) >= 11 is 0. The Morgan fingerprint density at radius 1 is 1.32 bits per heavy atom. The van der Waals surface area contributed by atoms with E-state index in [4.69, 9.17) is 9.15 Å². The molecule has 0 spiro atoms. The maximum absolute atomic E-state index is 11.7. The molecule has 1 aliphatic rings. The highest BCUT2D eigenvalue weighted by molar-refractivity contribution is 6.32. The fourth-order valence-electron chi connectivity index (χ4n) is 2.76. The first kappa shape index (κ1) is 16.5. The monoisotopic (exact) mass is 308 g/mol. The lowest BCUT2D eigenvalue weighted by atomic mass is 10.1. The Morgan fingerprint density at radius 3 is 2.64 bits per heavy atom. The molecule has 1 aliphatic heterocycles. The van der Waals surface area contributed by atoms with Crippen LogP contribution in [0.25, 0.3) is 0 Å². The Bertz CT molecular complexity index is 465. The quantitative estimate of drug-likeness (QED) is 0.664. The van der Waals surface area contributed by atoms with Crippen LogP contribution in [0, 0.1) is 0 Å². The van der Waals surface area contributed by atoms with Gasteiger partial charge in [0.1, 0.15) is 5.76 Å². The summed E-state index contributed by atoms with van der Waals surface area (Å²) in [6.45, 7) is 4.15. The molecule has 22 heavy (non-hydrogen) atoms. The lowest BCUT2D eigenvalue weighted by Crippen LogP contribution is -2.41. The Labute approximate surface area is 130 Å². The lowest BCUT2D eigenvalue weighted by Gasteiger charge is -2.29. The number of hydrogen-bond acceptors (Lipinski definition) is 5. The molecule has 0 saturated carbocycles. The van der Waals surface area contributed by atoms with Crippen molar-refractivity contribution < 1.29 is 18.7 Å². The van der Waals surface area contributed by atoms with Crippen molar-refractivity contribution in [1.82, 2.24) is 10.2 Å². The summed E-state index contributed by atoms with van der Waals surface area (Å²) in [7, 11) is 0. The van der Waals surface area contributed by atoms with E-state index >= 15 is 0 Å². The van der Waals surface area contributed by atoms with Crippen LogP contribution < -0.4 is 5.32 Å². The van der Waals surface area contributed by atoms with Gasteiger partial charge in [-0.1, -0.05) is 12.8 Å². The van der Waals surface area contributed by atoms with Crippen molar-refractivity contribution in [2.75, 3.05) is 26.2 Å². The minimum atomic E-state index is -0.837. The molecule has 0 aliphatic carbocycles. The molecule has 2 heterocycles. The van der Waals surface area contributed by atoms with Gasteiger partial charge in [0.25, 0.3) is 0 Å². The topological polar surface area (TPSA) is 71.8 Å². The lowest BCUT2D eigenvalue weighted by molar-refractivity contribution is -0.154. The van der Waals surface area contributed by atoms with Gasteiger partial charge in [-0.15, -0.1) is 0 Å². The smallest absolute Gasteiger partial charge is 0.396 e. The van der Waals surface area contributed by atoms with E-state index in [2.05, 4.69) is 10.2 Å². The molecule has 0 bridgehead atoms. The summed E-state index contributed by atoms with van der Waals surface area (Å²) in [5.74, 6) is -0.726. The van der Waals surface area contributed by atoms with E-state index in [1.807, 2.05) is 12.1 Å². The minimum absolute atomic E-state index is 0.0496. The van der Waals surface area contributed by atoms with Gasteiger partial charge in [-0.05, 0) is 45.0 Å². The van der Waals surface area contributed by atoms with E-state index in [0.29, 0.717) is 6.54 Å². The van der Waals surface area contributed by atoms with Crippen molar-refractivity contribution in [1.29, 1.82) is 0 Å². The highest BCUT2D eigenvalue weighted by atomic mass is 16.5. The van der Waals surface area contributed by atoms with Gasteiger partial charge in [0, 0.05) is 6.54 Å². The molecule has 1 aromatic heterocycles. The van der Waals surface area contributed by atoms with Crippen molar-refractivity contribution in [3.8, 4) is 0 Å². The highest BCUT2D eigenvalue weighted by Crippen LogP contribution is 2.24. The first-order valence-corrected chi connectivity index (χ1v) is 7.94. The first-order chi connectivity index (χ1) is 10.7. The van der Waals surface area contributed by atoms with Crippen LogP contribution in [0.15, 0.2) is 22.8 Å². The fourth-order valence-corrected chi connectivity index (χ4v) is 2.76. The van der Waals surface area contributed by atoms with Gasteiger partial charge in [0.2, 0.25) is 0 Å². The number of nitrogens with zero attached hydrogens (tertiary/aromatic N) is 1. The van der Waals surface area contributed by atoms with Crippen molar-refractivity contribution in [2.24, 2.45) is 0 Å². The van der Waals surface area contributed by atoms with Crippen molar-refractivity contribution in [2.45, 2.75) is 38.6 Å². The second-order valence-corrected chi connectivity index (χ2v) is 5.41. The van der Waals surface area contributed by atoms with Gasteiger partial charge >= 0.3 is 11.9 Å². The van der Waals surface area contributed by atoms with E-state index in [0.717, 1.165) is 31.7 Å². The number of amides is 1. The van der Waals surface area contributed by atoms with Gasteiger partial charge in [0.15, 0.2) is 0 Å². The number of nitrogens with one attached hydrogen (secondary N) is 1. The third-order valence-corrected chi connectivity index (χ3v) is 3.87. The third-order valence-electron chi connectivity index (χ3n) is 3.87. The Hall–Kier alpha value is -1.82. The van der Waals surface area contributed by atoms with Crippen LogP contribution in [-0.4, -0.2) is 43.0 Å². The van der Waals surface area contributed by atoms with E-state index < -0.39 is 11.9 Å². The predicted octanol–water partition coefficient (Wildman–Crippen LogP) is 1.88. The van der Waals surface area contributed by atoms with Gasteiger partial charge in [-0.3, -0.25) is 9.69 Å². The number of rotatable bonds is 5. The zero-order chi connectivity index (χ0) is 15.8. The molecule has 0 radical (unpaired) electrons. The number of ether oxygens (including phenoxy) is 1. The summed E-state index contributed by atoms with van der Waals surface area (Å²) in [4.78, 5) is 25.4. The molecule has 6 nitrogen and oxygen atoms in total. The van der Waals surface area contributed by atoms with Gasteiger partial charge in [-0.2, -0.15) is 0 Å². The number of furan rings is 1. The van der Waals surface area contributed by atoms with E-state index in [1.54, 1.807) is 13.2 Å². The summed E-state index contributed by atoms with van der Waals surface area (Å²) in [5, 5.41) is 2.66. The first-order valence-electron chi connectivity index (χ1n) is 7.94. The van der Waals surface area contributed by atoms with Crippen LogP contribution in [-0.2, 0) is 14.3 Å². The molecule has 122 valence electrons. The molecule has 1 atom stereocenters. The second kappa shape index (κ2) is 8.58. The summed E-state index contributed by atoms with van der Waals surface area (Å²) < 4.78 is 10.2. The number of esters is 1. The van der Waals surface area contributed by atoms with Crippen LogP contribution in [0.4, 0.5) is 0 Å². The summed E-state index contributed by atoms with van der Waals surface area (Å²) in [6.07, 6.45) is 6.38. The summed E-state index contributed by atoms with van der Waals surface area (Å²) in [5.41, 5.74) is 0. The molecule has 1 unspecified atom stereocenters. The van der Waals surface area contributed by atoms with Crippen molar-refractivity contribution in [3.05, 3.63) is 24.2 Å². The number of carbonyl (C=O) groups excluding carboxylic acids is 2. The SMILES string of the molecule is CCOC(=O)C(=O)NCC(c1ccco1)N1CCCCCC1. The van der Waals surface area contributed by atoms with Gasteiger partial charge in [0.05, 0.1) is 18.9 Å². The Kier molecular flexibility index (Phi) is 6.45. The Balaban J connectivity index is 1.99. The number of likely N-dealkylation sites (tertiary alicyclic amines) is 1. The molecule has 1 N–H and O–H groups in total. The molecule has 1 saturated heterocycles. The van der Waals surface area contributed by atoms with Crippen LogP contribution in [0.3, 0.4) is 0 Å². The highest BCUT2D eigenvalue weighted by Gasteiger charge is 2.25. The maximum atomic E-state index is 11.7. The molecule has 2 rings (SSSR count). The van der Waals surface area contributed by atoms with Crippen LogP contribution in [0.2, 0.25) is 0 Å². The van der Waals surface area contributed by atoms with Crippen LogP contribution >= 0.6 is 0 Å². The largest absolute Gasteiger partial charge is 0.468 e. The standard InChI is InChI=1S/C16H24N2O4/c1-2-21-16(20)15(19)17-12-13(14-8-7-11-22-14)18-9-5-3-4-6-10-18/h7-8,11,13H,2-6,9-10,12H2,1H3,(H,17,19). The zero-order valence-electron chi connectivity index (χ0n) is 13.0. The average molecular weight is 308 g/mol. The average Bonchev–Trinajstić information content (AvgIpc) is 2.90. The maximum Gasteiger partial charge on any atom is 0.396 e. The molecule has 6 heteroatoms. The number of carbonyl (C=O) groups is 2. The molecule has 0 aromatic carbocycles. The van der Waals surface area contributed by atoms with E-state index in [-0.39, 0.29) is 12.6 Å². The Morgan fingerprint density at radius 2 is 2.05 bits per heavy atom. The zero-order valence-corrected chi connectivity index (χ0v) is 13.0. The predicted molar refractivity (Wildman–Crippen MR) is 81.1 cm³/mol. The van der Waals surface area contributed by atoms with Crippen molar-refractivity contribution >= 4 is 11.9 Å². The summed E-state index contributed by atoms with van der Waals surface area (Å²) in [6, 6.07) is 3.70. The normalized spacial score (nSPS) is 17.5. The fraction of sp³-hybridized carbons (Fsp3) is 0.625. The van der Waals surface area contributed by atoms with Gasteiger partial charge < -0.3 is 14.5 Å². The number of hydrogen-bond donors (Lipinski definition) is 1. The van der Waals surface area contributed by atoms with E-state index in [1.165, 1.54) is 12.8 Å². The minimum Gasteiger partial charge on any atom is -0.468 e. The molecular weight excluding hydrogens is 284 g/mol. The molecule has 1 amide bonds. The molecule has 1 fully saturated rings. The van der Waals surface area contributed by atoms with Crippen molar-refractivity contribution in [3.63, 3.8) is 0 Å².